The van der Waals surface area contributed by atoms with Gasteiger partial charge < -0.3 is 9.64 Å². The Labute approximate surface area is 288 Å². The lowest BCUT2D eigenvalue weighted by Gasteiger charge is -2.32. The summed E-state index contributed by atoms with van der Waals surface area (Å²) in [5, 5.41) is 4.80. The zero-order chi connectivity index (χ0) is 36.0. The monoisotopic (exact) mass is 717 g/mol. The number of hydrogen-bond acceptors (Lipinski definition) is 7. The first kappa shape index (κ1) is 35.7. The molecule has 0 aliphatic carbocycles. The van der Waals surface area contributed by atoms with Gasteiger partial charge in [0.05, 0.1) is 22.3 Å². The van der Waals surface area contributed by atoms with E-state index in [1.54, 1.807) is 32.4 Å². The fourth-order valence-corrected chi connectivity index (χ4v) is 7.90. The van der Waals surface area contributed by atoms with Crippen LogP contribution in [0.3, 0.4) is 0 Å². The van der Waals surface area contributed by atoms with Crippen LogP contribution in [-0.4, -0.2) is 74.4 Å². The number of alkyl halides is 3. The summed E-state index contributed by atoms with van der Waals surface area (Å²) in [6, 6.07) is 12.6. The Bertz CT molecular complexity index is 2040. The molecular weight excluding hydrogens is 675 g/mol. The molecule has 1 N–H and O–H groups in total. The third-order valence-electron chi connectivity index (χ3n) is 9.30. The molecule has 0 bridgehead atoms. The van der Waals surface area contributed by atoms with Crippen LogP contribution in [0.2, 0.25) is 0 Å². The van der Waals surface area contributed by atoms with E-state index in [2.05, 4.69) is 4.90 Å². The molecular formula is C34H42F3N7O5S. The zero-order valence-corrected chi connectivity index (χ0v) is 29.4. The molecule has 12 nitrogen and oxygen atoms in total. The molecule has 0 spiro atoms. The summed E-state index contributed by atoms with van der Waals surface area (Å²) >= 11 is 0. The number of halogens is 3. The van der Waals surface area contributed by atoms with Crippen LogP contribution in [-0.2, 0) is 47.7 Å². The van der Waals surface area contributed by atoms with E-state index in [-0.39, 0.29) is 24.8 Å². The highest BCUT2D eigenvalue weighted by Gasteiger charge is 2.35. The number of carbonyl (C=O) groups is 1. The van der Waals surface area contributed by atoms with E-state index in [0.29, 0.717) is 29.8 Å². The number of benzene rings is 2. The standard InChI is InChI=1S/C34H42F3N7O5S/c1-33(2,3)49-31(45)39-50(47,48)42-21-16-27-26(22-42)30(23-10-12-24(13-11-23)34(35,36)37)38-43(27)18-7-17-41-19-14-25(15-20-41)44-29-9-6-5-8-28(29)40(4)32(44)46/h5-6,8-13,25H,7,14-22H2,1-4H3,(H,39,45). The lowest BCUT2D eigenvalue weighted by atomic mass is 10.0. The molecule has 2 aromatic carbocycles. The summed E-state index contributed by atoms with van der Waals surface area (Å²) in [7, 11) is -2.49. The van der Waals surface area contributed by atoms with Gasteiger partial charge in [-0.2, -0.15) is 31.0 Å². The van der Waals surface area contributed by atoms with Crippen LogP contribution in [0.4, 0.5) is 18.0 Å². The van der Waals surface area contributed by atoms with Crippen LogP contribution in [0, 0.1) is 0 Å². The second-order valence-corrected chi connectivity index (χ2v) is 15.6. The summed E-state index contributed by atoms with van der Waals surface area (Å²) < 4.78 is 79.9. The number of likely N-dealkylation sites (tertiary alicyclic amines) is 1. The normalized spacial score (nSPS) is 16.9. The maximum atomic E-state index is 13.3. The molecule has 4 heterocycles. The Kier molecular flexibility index (Phi) is 9.65. The van der Waals surface area contributed by atoms with Crippen molar-refractivity contribution in [3.8, 4) is 11.3 Å². The smallest absolute Gasteiger partial charge is 0.422 e. The van der Waals surface area contributed by atoms with Gasteiger partial charge in [0.15, 0.2) is 0 Å². The first-order valence-corrected chi connectivity index (χ1v) is 18.1. The first-order chi connectivity index (χ1) is 23.5. The van der Waals surface area contributed by atoms with Crippen LogP contribution in [0.25, 0.3) is 22.3 Å². The molecule has 1 amide bonds. The molecule has 0 atom stereocenters. The molecule has 270 valence electrons. The summed E-state index contributed by atoms with van der Waals surface area (Å²) in [4.78, 5) is 27.7. The van der Waals surface area contributed by atoms with Crippen molar-refractivity contribution in [3.63, 3.8) is 0 Å². The number of ether oxygens (including phenoxy) is 1. The molecule has 2 aromatic heterocycles. The van der Waals surface area contributed by atoms with Crippen molar-refractivity contribution < 1.29 is 31.1 Å². The van der Waals surface area contributed by atoms with Gasteiger partial charge in [0.25, 0.3) is 0 Å². The average molecular weight is 718 g/mol. The summed E-state index contributed by atoms with van der Waals surface area (Å²) in [6.07, 6.45) is -2.90. The molecule has 0 radical (unpaired) electrons. The quantitative estimate of drug-likeness (QED) is 0.270. The predicted octanol–water partition coefficient (Wildman–Crippen LogP) is 5.08. The molecule has 0 unspecified atom stereocenters. The fourth-order valence-electron chi connectivity index (χ4n) is 6.89. The van der Waals surface area contributed by atoms with Gasteiger partial charge in [-0.15, -0.1) is 0 Å². The lowest BCUT2D eigenvalue weighted by molar-refractivity contribution is -0.137. The van der Waals surface area contributed by atoms with E-state index in [0.717, 1.165) is 72.1 Å². The van der Waals surface area contributed by atoms with Crippen LogP contribution in [0.15, 0.2) is 53.3 Å². The number of nitrogens with zero attached hydrogens (tertiary/aromatic N) is 6. The van der Waals surface area contributed by atoms with E-state index in [1.807, 2.05) is 38.2 Å². The average Bonchev–Trinajstić information content (AvgIpc) is 3.53. The van der Waals surface area contributed by atoms with Crippen molar-refractivity contribution in [3.05, 3.63) is 75.8 Å². The number of aryl methyl sites for hydroxylation is 2. The van der Waals surface area contributed by atoms with Gasteiger partial charge in [-0.3, -0.25) is 13.8 Å². The van der Waals surface area contributed by atoms with Gasteiger partial charge in [0.2, 0.25) is 0 Å². The maximum absolute atomic E-state index is 13.3. The van der Waals surface area contributed by atoms with Crippen molar-refractivity contribution in [2.45, 2.75) is 77.4 Å². The molecule has 1 fully saturated rings. The molecule has 2 aliphatic rings. The van der Waals surface area contributed by atoms with Crippen molar-refractivity contribution in [1.82, 2.24) is 32.8 Å². The molecule has 2 aliphatic heterocycles. The van der Waals surface area contributed by atoms with E-state index in [1.165, 1.54) is 12.1 Å². The number of imidazole rings is 1. The molecule has 0 saturated carbocycles. The molecule has 50 heavy (non-hydrogen) atoms. The second kappa shape index (κ2) is 13.5. The second-order valence-electron chi connectivity index (χ2n) is 13.9. The van der Waals surface area contributed by atoms with Gasteiger partial charge in [0.1, 0.15) is 5.60 Å². The van der Waals surface area contributed by atoms with Crippen molar-refractivity contribution in [2.75, 3.05) is 26.2 Å². The van der Waals surface area contributed by atoms with Crippen molar-refractivity contribution in [2.24, 2.45) is 7.05 Å². The maximum Gasteiger partial charge on any atom is 0.422 e. The van der Waals surface area contributed by atoms with Crippen LogP contribution >= 0.6 is 0 Å². The number of para-hydroxylation sites is 2. The minimum absolute atomic E-state index is 0.0102. The Morgan fingerprint density at radius 1 is 0.980 bits per heavy atom. The van der Waals surface area contributed by atoms with E-state index in [4.69, 9.17) is 9.84 Å². The third kappa shape index (κ3) is 7.47. The van der Waals surface area contributed by atoms with Crippen LogP contribution < -0.4 is 10.4 Å². The van der Waals surface area contributed by atoms with Crippen molar-refractivity contribution >= 4 is 27.3 Å². The number of hydrogen-bond donors (Lipinski definition) is 1. The lowest BCUT2D eigenvalue weighted by Crippen LogP contribution is -2.47. The van der Waals surface area contributed by atoms with E-state index in [9.17, 15) is 31.2 Å². The topological polar surface area (TPSA) is 124 Å². The van der Waals surface area contributed by atoms with E-state index >= 15 is 0 Å². The summed E-state index contributed by atoms with van der Waals surface area (Å²) in [5.41, 5.74) is 2.35. The predicted molar refractivity (Wildman–Crippen MR) is 182 cm³/mol. The Morgan fingerprint density at radius 3 is 2.28 bits per heavy atom. The molecule has 16 heteroatoms. The molecule has 6 rings (SSSR count). The number of aromatic nitrogens is 4. The van der Waals surface area contributed by atoms with Gasteiger partial charge in [-0.1, -0.05) is 24.3 Å². The number of piperidine rings is 1. The Morgan fingerprint density at radius 2 is 1.64 bits per heavy atom. The highest BCUT2D eigenvalue weighted by Crippen LogP contribution is 2.35. The minimum Gasteiger partial charge on any atom is -0.443 e. The van der Waals surface area contributed by atoms with Gasteiger partial charge in [0, 0.05) is 69.1 Å². The summed E-state index contributed by atoms with van der Waals surface area (Å²) in [5.74, 6) is 0. The number of rotatable bonds is 8. The van der Waals surface area contributed by atoms with Crippen molar-refractivity contribution in [1.29, 1.82) is 0 Å². The third-order valence-corrected chi connectivity index (χ3v) is 10.7. The molecule has 1 saturated heterocycles. The van der Waals surface area contributed by atoms with E-state index < -0.39 is 33.6 Å². The molecule has 4 aromatic rings. The van der Waals surface area contributed by atoms with Crippen LogP contribution in [0.5, 0.6) is 0 Å². The van der Waals surface area contributed by atoms with Crippen LogP contribution in [0.1, 0.15) is 62.9 Å². The highest BCUT2D eigenvalue weighted by molar-refractivity contribution is 7.87. The largest absolute Gasteiger partial charge is 0.443 e. The summed E-state index contributed by atoms with van der Waals surface area (Å²) in [6.45, 7) is 7.76. The highest BCUT2D eigenvalue weighted by atomic mass is 32.2. The van der Waals surface area contributed by atoms with Gasteiger partial charge in [-0.25, -0.2) is 14.3 Å². The number of carbonyl (C=O) groups excluding carboxylic acids is 1. The first-order valence-electron chi connectivity index (χ1n) is 16.7. The Hall–Kier alpha value is -4.15. The fraction of sp³-hybridized carbons (Fsp3) is 0.500. The Balaban J connectivity index is 1.16. The number of amides is 1. The SMILES string of the molecule is Cn1c(=O)n(C2CCN(CCCn3nc(-c4ccc(C(F)(F)F)cc4)c4c3CCN(S(=O)(=O)NC(=O)OC(C)(C)C)C4)CC2)c2ccccc21. The zero-order valence-electron chi connectivity index (χ0n) is 28.5. The van der Waals surface area contributed by atoms with Gasteiger partial charge in [-0.05, 0) is 70.8 Å². The number of fused-ring (bicyclic) bond motifs is 2. The minimum atomic E-state index is -4.51. The van der Waals surface area contributed by atoms with Gasteiger partial charge >= 0.3 is 28.2 Å². The number of nitrogens with one attached hydrogen (secondary N) is 1.